The maximum absolute atomic E-state index is 12.3. The number of carbonyl (C=O) groups is 1. The third-order valence-electron chi connectivity index (χ3n) is 3.97. The highest BCUT2D eigenvalue weighted by Crippen LogP contribution is 2.19. The number of nitrogens with one attached hydrogen (secondary N) is 1. The first kappa shape index (κ1) is 13.1. The molecule has 1 aliphatic heterocycles. The zero-order valence-electron chi connectivity index (χ0n) is 12.0. The molecule has 0 spiro atoms. The minimum absolute atomic E-state index is 0.0428. The van der Waals surface area contributed by atoms with Crippen molar-refractivity contribution in [2.75, 3.05) is 13.1 Å². The summed E-state index contributed by atoms with van der Waals surface area (Å²) in [7, 11) is 1.94. The van der Waals surface area contributed by atoms with Gasteiger partial charge in [0.05, 0.1) is 23.8 Å². The number of piperazine rings is 1. The topological polar surface area (TPSA) is 50.2 Å². The van der Waals surface area contributed by atoms with Gasteiger partial charge in [-0.15, -0.1) is 0 Å². The summed E-state index contributed by atoms with van der Waals surface area (Å²) in [6.07, 6.45) is 0.832. The van der Waals surface area contributed by atoms with E-state index >= 15 is 0 Å². The molecule has 0 aliphatic carbocycles. The third-order valence-corrected chi connectivity index (χ3v) is 3.97. The fourth-order valence-corrected chi connectivity index (χ4v) is 2.85. The first-order chi connectivity index (χ1) is 9.70. The van der Waals surface area contributed by atoms with Crippen molar-refractivity contribution < 1.29 is 4.79 Å². The molecule has 2 aromatic rings. The van der Waals surface area contributed by atoms with Crippen LogP contribution in [0.3, 0.4) is 0 Å². The summed E-state index contributed by atoms with van der Waals surface area (Å²) in [4.78, 5) is 14.2. The number of para-hydroxylation sites is 1. The van der Waals surface area contributed by atoms with Gasteiger partial charge in [0.25, 0.3) is 0 Å². The molecule has 1 aromatic carbocycles. The van der Waals surface area contributed by atoms with Crippen LogP contribution in [0.5, 0.6) is 0 Å². The molecule has 20 heavy (non-hydrogen) atoms. The maximum Gasteiger partial charge on any atom is 0.240 e. The summed E-state index contributed by atoms with van der Waals surface area (Å²) >= 11 is 0. The first-order valence-electron chi connectivity index (χ1n) is 7.13. The van der Waals surface area contributed by atoms with Gasteiger partial charge >= 0.3 is 0 Å². The maximum atomic E-state index is 12.3. The molecule has 1 amide bonds. The van der Waals surface area contributed by atoms with Crippen LogP contribution in [0.15, 0.2) is 24.3 Å². The van der Waals surface area contributed by atoms with Gasteiger partial charge in [0, 0.05) is 25.5 Å². The van der Waals surface area contributed by atoms with Crippen LogP contribution in [0.2, 0.25) is 0 Å². The lowest BCUT2D eigenvalue weighted by molar-refractivity contribution is -0.136. The van der Waals surface area contributed by atoms with Crippen molar-refractivity contribution in [1.29, 1.82) is 0 Å². The Morgan fingerprint density at radius 3 is 3.00 bits per heavy atom. The SMILES string of the molecule is CCC1NCCN(Cc2nn(C)c3ccccc23)C1=O. The minimum atomic E-state index is -0.0428. The van der Waals surface area contributed by atoms with E-state index in [-0.39, 0.29) is 11.9 Å². The highest BCUT2D eigenvalue weighted by Gasteiger charge is 2.27. The van der Waals surface area contributed by atoms with E-state index < -0.39 is 0 Å². The molecule has 0 saturated carbocycles. The van der Waals surface area contributed by atoms with E-state index in [1.165, 1.54) is 0 Å². The third kappa shape index (κ3) is 2.18. The van der Waals surface area contributed by atoms with Crippen molar-refractivity contribution in [3.05, 3.63) is 30.0 Å². The zero-order valence-corrected chi connectivity index (χ0v) is 12.0. The molecule has 3 rings (SSSR count). The first-order valence-corrected chi connectivity index (χ1v) is 7.13. The predicted octanol–water partition coefficient (Wildman–Crippen LogP) is 1.28. The highest BCUT2D eigenvalue weighted by atomic mass is 16.2. The van der Waals surface area contributed by atoms with Gasteiger partial charge in [-0.2, -0.15) is 5.10 Å². The normalized spacial score (nSPS) is 19.8. The second-order valence-electron chi connectivity index (χ2n) is 5.26. The van der Waals surface area contributed by atoms with Gasteiger partial charge < -0.3 is 10.2 Å². The van der Waals surface area contributed by atoms with Crippen LogP contribution in [-0.2, 0) is 18.4 Å². The Hall–Kier alpha value is -1.88. The van der Waals surface area contributed by atoms with Gasteiger partial charge in [-0.05, 0) is 12.5 Å². The Bertz CT molecular complexity index is 634. The summed E-state index contributed by atoms with van der Waals surface area (Å²) in [5.41, 5.74) is 2.09. The smallest absolute Gasteiger partial charge is 0.240 e. The molecule has 1 unspecified atom stereocenters. The number of amides is 1. The van der Waals surface area contributed by atoms with E-state index in [1.807, 2.05) is 35.7 Å². The minimum Gasteiger partial charge on any atom is -0.334 e. The van der Waals surface area contributed by atoms with E-state index in [4.69, 9.17) is 0 Å². The van der Waals surface area contributed by atoms with E-state index in [2.05, 4.69) is 22.5 Å². The molecule has 1 atom stereocenters. The van der Waals surface area contributed by atoms with Crippen LogP contribution in [0.4, 0.5) is 0 Å². The molecule has 2 heterocycles. The van der Waals surface area contributed by atoms with E-state index in [9.17, 15) is 4.79 Å². The Kier molecular flexibility index (Phi) is 3.44. The molecule has 5 nitrogen and oxygen atoms in total. The number of aromatic nitrogens is 2. The van der Waals surface area contributed by atoms with Crippen LogP contribution in [0.1, 0.15) is 19.0 Å². The Morgan fingerprint density at radius 1 is 1.40 bits per heavy atom. The standard InChI is InChI=1S/C15H20N4O/c1-3-12-15(20)19(9-8-16-12)10-13-11-6-4-5-7-14(11)18(2)17-13/h4-7,12,16H,3,8-10H2,1-2H3. The van der Waals surface area contributed by atoms with E-state index in [1.54, 1.807) is 0 Å². The van der Waals surface area contributed by atoms with Gasteiger partial charge in [0.15, 0.2) is 0 Å². The van der Waals surface area contributed by atoms with Crippen molar-refractivity contribution in [3.63, 3.8) is 0 Å². The van der Waals surface area contributed by atoms with E-state index in [0.29, 0.717) is 6.54 Å². The van der Waals surface area contributed by atoms with Gasteiger partial charge in [0.1, 0.15) is 0 Å². The number of hydrogen-bond acceptors (Lipinski definition) is 3. The summed E-state index contributed by atoms with van der Waals surface area (Å²) < 4.78 is 1.88. The van der Waals surface area contributed by atoms with Crippen molar-refractivity contribution in [2.45, 2.75) is 25.9 Å². The molecule has 1 fully saturated rings. The molecular weight excluding hydrogens is 252 g/mol. The van der Waals surface area contributed by atoms with Crippen LogP contribution >= 0.6 is 0 Å². The Balaban J connectivity index is 1.88. The monoisotopic (exact) mass is 272 g/mol. The van der Waals surface area contributed by atoms with Gasteiger partial charge in [-0.25, -0.2) is 0 Å². The molecular formula is C15H20N4O. The number of aryl methyl sites for hydroxylation is 1. The van der Waals surface area contributed by atoms with Gasteiger partial charge in [0.2, 0.25) is 5.91 Å². The molecule has 1 saturated heterocycles. The second kappa shape index (κ2) is 5.25. The molecule has 1 N–H and O–H groups in total. The van der Waals surface area contributed by atoms with Crippen molar-refractivity contribution >= 4 is 16.8 Å². The van der Waals surface area contributed by atoms with Crippen LogP contribution in [0, 0.1) is 0 Å². The van der Waals surface area contributed by atoms with E-state index in [0.717, 1.165) is 36.1 Å². The summed E-state index contributed by atoms with van der Waals surface area (Å²) in [5, 5.41) is 8.97. The quantitative estimate of drug-likeness (QED) is 0.916. The average molecular weight is 272 g/mol. The fraction of sp³-hybridized carbons (Fsp3) is 0.467. The van der Waals surface area contributed by atoms with Gasteiger partial charge in [-0.3, -0.25) is 9.48 Å². The molecule has 106 valence electrons. The number of carbonyl (C=O) groups excluding carboxylic acids is 1. The molecule has 0 radical (unpaired) electrons. The Labute approximate surface area is 118 Å². The number of fused-ring (bicyclic) bond motifs is 1. The van der Waals surface area contributed by atoms with Crippen molar-refractivity contribution in [3.8, 4) is 0 Å². The summed E-state index contributed by atoms with van der Waals surface area (Å²) in [6, 6.07) is 8.11. The lowest BCUT2D eigenvalue weighted by Crippen LogP contribution is -2.54. The molecule has 5 heteroatoms. The largest absolute Gasteiger partial charge is 0.334 e. The lowest BCUT2D eigenvalue weighted by Gasteiger charge is -2.32. The highest BCUT2D eigenvalue weighted by molar-refractivity contribution is 5.84. The predicted molar refractivity (Wildman–Crippen MR) is 78.2 cm³/mol. The van der Waals surface area contributed by atoms with Gasteiger partial charge in [-0.1, -0.05) is 25.1 Å². The molecule has 1 aliphatic rings. The van der Waals surface area contributed by atoms with Crippen molar-refractivity contribution in [1.82, 2.24) is 20.0 Å². The summed E-state index contributed by atoms with van der Waals surface area (Å²) in [5.74, 6) is 0.188. The number of rotatable bonds is 3. The van der Waals surface area contributed by atoms with Crippen LogP contribution in [0.25, 0.3) is 10.9 Å². The number of nitrogens with zero attached hydrogens (tertiary/aromatic N) is 3. The second-order valence-corrected chi connectivity index (χ2v) is 5.26. The number of hydrogen-bond donors (Lipinski definition) is 1. The van der Waals surface area contributed by atoms with Crippen molar-refractivity contribution in [2.24, 2.45) is 7.05 Å². The molecule has 0 bridgehead atoms. The summed E-state index contributed by atoms with van der Waals surface area (Å²) in [6.45, 7) is 4.24. The Morgan fingerprint density at radius 2 is 2.20 bits per heavy atom. The zero-order chi connectivity index (χ0) is 14.1. The average Bonchev–Trinajstić information content (AvgIpc) is 2.78. The fourth-order valence-electron chi connectivity index (χ4n) is 2.85. The lowest BCUT2D eigenvalue weighted by atomic mass is 10.1. The van der Waals surface area contributed by atoms with Crippen LogP contribution < -0.4 is 5.32 Å². The molecule has 1 aromatic heterocycles. The number of benzene rings is 1. The van der Waals surface area contributed by atoms with Crippen LogP contribution in [-0.4, -0.2) is 39.7 Å².